The Bertz CT molecular complexity index is 936. The number of ether oxygens (including phenoxy) is 2. The Kier molecular flexibility index (Phi) is 7.28. The van der Waals surface area contributed by atoms with Crippen molar-refractivity contribution < 1.29 is 19.4 Å². The van der Waals surface area contributed by atoms with Crippen LogP contribution in [-0.4, -0.2) is 25.2 Å². The lowest BCUT2D eigenvalue weighted by molar-refractivity contribution is -0.117. The Morgan fingerprint density at radius 2 is 2.00 bits per heavy atom. The molecule has 2 N–H and O–H groups in total. The third-order valence-electron chi connectivity index (χ3n) is 3.66. The second-order valence-corrected chi connectivity index (χ2v) is 7.13. The molecular weight excluding hydrogens is 480 g/mol. The summed E-state index contributed by atoms with van der Waals surface area (Å²) in [6, 6.07) is 10.4. The van der Waals surface area contributed by atoms with Gasteiger partial charge in [-0.2, -0.15) is 5.26 Å². The van der Waals surface area contributed by atoms with Crippen LogP contribution in [0.4, 0.5) is 0 Å². The van der Waals surface area contributed by atoms with Crippen LogP contribution in [0, 0.1) is 11.3 Å². The van der Waals surface area contributed by atoms with E-state index in [-0.39, 0.29) is 17.9 Å². The molecule has 8 heteroatoms. The molecule has 0 saturated carbocycles. The minimum absolute atomic E-state index is 0.0597. The monoisotopic (exact) mass is 494 g/mol. The predicted octanol–water partition coefficient (Wildman–Crippen LogP) is 4.16. The van der Waals surface area contributed by atoms with E-state index in [2.05, 4.69) is 37.2 Å². The zero-order valence-electron chi connectivity index (χ0n) is 14.5. The van der Waals surface area contributed by atoms with Gasteiger partial charge in [-0.15, -0.1) is 0 Å². The quantitative estimate of drug-likeness (QED) is 0.463. The van der Waals surface area contributed by atoms with Crippen LogP contribution in [0.1, 0.15) is 11.1 Å². The maximum atomic E-state index is 12.4. The molecule has 0 bridgehead atoms. The second-order valence-electron chi connectivity index (χ2n) is 5.36. The molecule has 2 rings (SSSR count). The highest BCUT2D eigenvalue weighted by Gasteiger charge is 2.13. The summed E-state index contributed by atoms with van der Waals surface area (Å²) >= 11 is 6.52. The summed E-state index contributed by atoms with van der Waals surface area (Å²) in [5.41, 5.74) is 0.935. The van der Waals surface area contributed by atoms with Crippen molar-refractivity contribution in [3.8, 4) is 23.3 Å². The number of phenolic OH excluding ortho intramolecular Hbond substituents is 1. The number of aromatic hydroxyl groups is 1. The van der Waals surface area contributed by atoms with Crippen LogP contribution in [0.25, 0.3) is 6.08 Å². The number of hydrogen-bond donors (Lipinski definition) is 2. The van der Waals surface area contributed by atoms with Crippen LogP contribution in [0.2, 0.25) is 0 Å². The molecule has 0 heterocycles. The van der Waals surface area contributed by atoms with Gasteiger partial charge in [0.05, 0.1) is 18.7 Å². The average molecular weight is 496 g/mol. The lowest BCUT2D eigenvalue weighted by Crippen LogP contribution is -2.24. The van der Waals surface area contributed by atoms with E-state index in [1.807, 2.05) is 6.07 Å². The maximum Gasteiger partial charge on any atom is 0.262 e. The van der Waals surface area contributed by atoms with Crippen molar-refractivity contribution in [3.05, 3.63) is 56.0 Å². The van der Waals surface area contributed by atoms with Gasteiger partial charge in [-0.3, -0.25) is 4.79 Å². The lowest BCUT2D eigenvalue weighted by Gasteiger charge is -2.11. The van der Waals surface area contributed by atoms with Gasteiger partial charge in [0, 0.05) is 28.2 Å². The van der Waals surface area contributed by atoms with Crippen molar-refractivity contribution >= 4 is 43.8 Å². The first kappa shape index (κ1) is 20.8. The number of rotatable bonds is 6. The number of methoxy groups -OCH3 is 2. The summed E-state index contributed by atoms with van der Waals surface area (Å²) in [6.07, 6.45) is 1.32. The standard InChI is InChI=1S/C19H16Br2N2O4/c1-26-15-4-3-11(17(8-15)27-2)10-23-19(25)13(9-22)5-12-6-14(20)7-16(21)18(12)24/h3-8,24H,10H2,1-2H3,(H,23,25)/b13-5+. The number of carbonyl (C=O) groups excluding carboxylic acids is 1. The van der Waals surface area contributed by atoms with Gasteiger partial charge in [-0.25, -0.2) is 0 Å². The first-order valence-electron chi connectivity index (χ1n) is 7.68. The zero-order chi connectivity index (χ0) is 20.0. The number of amides is 1. The fourth-order valence-corrected chi connectivity index (χ4v) is 3.53. The van der Waals surface area contributed by atoms with Crippen LogP contribution < -0.4 is 14.8 Å². The molecule has 0 spiro atoms. The highest BCUT2D eigenvalue weighted by Crippen LogP contribution is 2.33. The Morgan fingerprint density at radius 1 is 1.26 bits per heavy atom. The number of phenols is 1. The van der Waals surface area contributed by atoms with Crippen molar-refractivity contribution in [2.24, 2.45) is 0 Å². The largest absolute Gasteiger partial charge is 0.506 e. The molecule has 0 unspecified atom stereocenters. The Morgan fingerprint density at radius 3 is 2.63 bits per heavy atom. The zero-order valence-corrected chi connectivity index (χ0v) is 17.7. The molecule has 0 aliphatic heterocycles. The molecule has 0 aliphatic rings. The number of halogens is 2. The Labute approximate surface area is 173 Å². The summed E-state index contributed by atoms with van der Waals surface area (Å²) in [4.78, 5) is 12.4. The Balaban J connectivity index is 2.21. The summed E-state index contributed by atoms with van der Waals surface area (Å²) < 4.78 is 11.6. The number of carbonyl (C=O) groups is 1. The van der Waals surface area contributed by atoms with Crippen molar-refractivity contribution in [1.29, 1.82) is 5.26 Å². The average Bonchev–Trinajstić information content (AvgIpc) is 2.67. The Hall–Kier alpha value is -2.50. The molecular formula is C19H16Br2N2O4. The molecule has 27 heavy (non-hydrogen) atoms. The second kappa shape index (κ2) is 9.44. The van der Waals surface area contributed by atoms with Gasteiger partial charge in [-0.1, -0.05) is 15.9 Å². The smallest absolute Gasteiger partial charge is 0.262 e. The van der Waals surface area contributed by atoms with Gasteiger partial charge < -0.3 is 19.9 Å². The lowest BCUT2D eigenvalue weighted by atomic mass is 10.1. The van der Waals surface area contributed by atoms with Crippen molar-refractivity contribution in [2.45, 2.75) is 6.54 Å². The molecule has 0 saturated heterocycles. The van der Waals surface area contributed by atoms with E-state index in [1.165, 1.54) is 13.2 Å². The minimum Gasteiger partial charge on any atom is -0.506 e. The molecule has 0 radical (unpaired) electrons. The van der Waals surface area contributed by atoms with E-state index >= 15 is 0 Å². The van der Waals surface area contributed by atoms with Crippen LogP contribution in [-0.2, 0) is 11.3 Å². The van der Waals surface area contributed by atoms with Crippen molar-refractivity contribution in [1.82, 2.24) is 5.32 Å². The van der Waals surface area contributed by atoms with Gasteiger partial charge in [0.25, 0.3) is 5.91 Å². The SMILES string of the molecule is COc1ccc(CNC(=O)/C(C#N)=C/c2cc(Br)cc(Br)c2O)c(OC)c1. The fraction of sp³-hybridized carbons (Fsp3) is 0.158. The van der Waals surface area contributed by atoms with E-state index in [0.717, 1.165) is 5.56 Å². The first-order valence-corrected chi connectivity index (χ1v) is 9.27. The number of nitrogens with one attached hydrogen (secondary N) is 1. The normalized spacial score (nSPS) is 10.9. The predicted molar refractivity (Wildman–Crippen MR) is 108 cm³/mol. The molecule has 0 fully saturated rings. The van der Waals surface area contributed by atoms with E-state index in [9.17, 15) is 15.2 Å². The molecule has 2 aromatic rings. The van der Waals surface area contributed by atoms with Crippen molar-refractivity contribution in [2.75, 3.05) is 14.2 Å². The number of benzene rings is 2. The van der Waals surface area contributed by atoms with Gasteiger partial charge in [0.2, 0.25) is 0 Å². The molecule has 0 aliphatic carbocycles. The van der Waals surface area contributed by atoms with Crippen LogP contribution in [0.5, 0.6) is 17.2 Å². The summed E-state index contributed by atoms with van der Waals surface area (Å²) in [7, 11) is 3.07. The molecule has 0 atom stereocenters. The van der Waals surface area contributed by atoms with Gasteiger partial charge in [0.1, 0.15) is 28.9 Å². The van der Waals surface area contributed by atoms with Gasteiger partial charge >= 0.3 is 0 Å². The van der Waals surface area contributed by atoms with Crippen LogP contribution >= 0.6 is 31.9 Å². The third kappa shape index (κ3) is 5.25. The van der Waals surface area contributed by atoms with E-state index in [1.54, 1.807) is 37.4 Å². The summed E-state index contributed by atoms with van der Waals surface area (Å²) in [5.74, 6) is 0.572. The molecule has 6 nitrogen and oxygen atoms in total. The number of hydrogen-bond acceptors (Lipinski definition) is 5. The molecule has 140 valence electrons. The summed E-state index contributed by atoms with van der Waals surface area (Å²) in [6.45, 7) is 0.166. The van der Waals surface area contributed by atoms with E-state index in [0.29, 0.717) is 26.0 Å². The van der Waals surface area contributed by atoms with Gasteiger partial charge in [-0.05, 0) is 46.3 Å². The van der Waals surface area contributed by atoms with Crippen LogP contribution in [0.3, 0.4) is 0 Å². The minimum atomic E-state index is -0.564. The van der Waals surface area contributed by atoms with Crippen LogP contribution in [0.15, 0.2) is 44.9 Å². The third-order valence-corrected chi connectivity index (χ3v) is 4.72. The molecule has 0 aromatic heterocycles. The van der Waals surface area contributed by atoms with Gasteiger partial charge in [0.15, 0.2) is 0 Å². The maximum absolute atomic E-state index is 12.4. The summed E-state index contributed by atoms with van der Waals surface area (Å²) in [5, 5.41) is 22.1. The number of nitrogens with zero attached hydrogens (tertiary/aromatic N) is 1. The van der Waals surface area contributed by atoms with Crippen molar-refractivity contribution in [3.63, 3.8) is 0 Å². The van der Waals surface area contributed by atoms with E-state index in [4.69, 9.17) is 9.47 Å². The molecule has 1 amide bonds. The highest BCUT2D eigenvalue weighted by atomic mass is 79.9. The highest BCUT2D eigenvalue weighted by molar-refractivity contribution is 9.11. The number of nitriles is 1. The molecule has 2 aromatic carbocycles. The first-order chi connectivity index (χ1) is 12.9. The topological polar surface area (TPSA) is 91.6 Å². The fourth-order valence-electron chi connectivity index (χ4n) is 2.27. The van der Waals surface area contributed by atoms with E-state index < -0.39 is 5.91 Å².